The number of phosphoric acid groups is 1. The van der Waals surface area contributed by atoms with Crippen LogP contribution >= 0.6 is 64.5 Å². The van der Waals surface area contributed by atoms with Crippen LogP contribution in [0.5, 0.6) is 0 Å². The maximum Gasteiger partial charge on any atom is 0.269 e. The Hall–Kier alpha value is -8.71. The van der Waals surface area contributed by atoms with E-state index in [-0.39, 0.29) is 43.0 Å². The van der Waals surface area contributed by atoms with E-state index < -0.39 is 7.82 Å². The van der Waals surface area contributed by atoms with Gasteiger partial charge in [0.2, 0.25) is 27.6 Å². The summed E-state index contributed by atoms with van der Waals surface area (Å²) >= 11 is 9.27. The third-order valence-corrected chi connectivity index (χ3v) is 24.3. The van der Waals surface area contributed by atoms with Gasteiger partial charge in [-0.1, -0.05) is 87.0 Å². The van der Waals surface area contributed by atoms with Crippen LogP contribution in [0.3, 0.4) is 0 Å². The van der Waals surface area contributed by atoms with Crippen LogP contribution in [0.2, 0.25) is 0 Å². The molecule has 0 spiro atoms. The van der Waals surface area contributed by atoms with Gasteiger partial charge in [0.15, 0.2) is 0 Å². The number of rotatable bonds is 10. The molecular weight excluding hydrogens is 1580 g/mol. The van der Waals surface area contributed by atoms with E-state index in [0.29, 0.717) is 0 Å². The van der Waals surface area contributed by atoms with E-state index in [1.54, 1.807) is 0 Å². The average molecular weight is 1680 g/mol. The summed E-state index contributed by atoms with van der Waals surface area (Å²) in [4.78, 5) is 36.3. The summed E-state index contributed by atoms with van der Waals surface area (Å²) in [5.41, 5.74) is 25.6. The third kappa shape index (κ3) is 22.5. The van der Waals surface area contributed by atoms with Crippen molar-refractivity contribution in [2.75, 3.05) is 95.0 Å². The fourth-order valence-corrected chi connectivity index (χ4v) is 18.3. The fraction of sp³-hybridized carbons (Fsp3) is 0.235. The second kappa shape index (κ2) is 40.0. The molecule has 10 aromatic carbocycles. The van der Waals surface area contributed by atoms with Gasteiger partial charge in [-0.2, -0.15) is 30.7 Å². The average Bonchev–Trinajstić information content (AvgIpc) is 1.67. The van der Waals surface area contributed by atoms with E-state index in [1.165, 1.54) is 160 Å². The Labute approximate surface area is 681 Å². The van der Waals surface area contributed by atoms with Crippen molar-refractivity contribution in [3.05, 3.63) is 240 Å². The summed E-state index contributed by atoms with van der Waals surface area (Å²) in [5, 5.41) is 6.51. The Morgan fingerprint density at radius 3 is 0.509 bits per heavy atom. The van der Waals surface area contributed by atoms with Gasteiger partial charge < -0.3 is 65.6 Å². The molecule has 0 aliphatic heterocycles. The normalized spacial score (nSPS) is 10.5. The Balaban J connectivity index is 0.000000239. The number of hydrogen-bond donors (Lipinski definition) is 0. The standard InChI is InChI=1S/5C17H19N2S.Mo.H3O4P.4H2O/c5*1-12-5-10-15-16(11-12)20-17(19(15)4)13-6-8-14(9-7-13)18(2)3;;1-5(2,3)4;;;;/h5*5-11H,1-4H3;;(H3,1,2,3,4);4*1H2/q5*+1;;;;;;/p-5. The molecule has 0 atom stereocenters. The number of benzene rings is 10. The Morgan fingerprint density at radius 1 is 0.264 bits per heavy atom. The molecule has 0 saturated heterocycles. The molecule has 0 radical (unpaired) electrons. The number of fused-ring (bicyclic) bond motifs is 5. The maximum atomic E-state index is 8.55. The van der Waals surface area contributed by atoms with Gasteiger partial charge >= 0.3 is 0 Å². The number of nitrogens with zero attached hydrogens (tertiary/aromatic N) is 10. The summed E-state index contributed by atoms with van der Waals surface area (Å²) in [6, 6.07) is 76.9. The van der Waals surface area contributed by atoms with Gasteiger partial charge in [-0.25, -0.2) is 0 Å². The molecule has 5 heterocycles. The summed E-state index contributed by atoms with van der Waals surface area (Å²) in [6.07, 6.45) is 0. The van der Waals surface area contributed by atoms with Crippen molar-refractivity contribution in [3.63, 3.8) is 0 Å². The van der Waals surface area contributed by atoms with Gasteiger partial charge in [-0.15, -0.1) is 0 Å². The van der Waals surface area contributed by atoms with Gasteiger partial charge in [0.05, 0.1) is 27.8 Å². The minimum absolute atomic E-state index is 0. The number of aryl methyl sites for hydroxylation is 10. The zero-order chi connectivity index (χ0) is 75.9. The Bertz CT molecular complexity index is 4780. The largest absolute Gasteiger partial charge is 0.870 e. The first-order valence-corrected chi connectivity index (χ1v) is 39.9. The Morgan fingerprint density at radius 2 is 0.391 bits per heavy atom. The molecule has 0 fully saturated rings. The van der Waals surface area contributed by atoms with Crippen molar-refractivity contribution in [2.24, 2.45) is 35.2 Å². The van der Waals surface area contributed by atoms with Crippen LogP contribution in [-0.4, -0.2) is 92.4 Å². The topological polar surface area (TPSA) is 245 Å². The molecule has 25 heteroatoms. The molecular formula is C85H101MoN10O8PS5. The molecule has 110 heavy (non-hydrogen) atoms. The van der Waals surface area contributed by atoms with Gasteiger partial charge in [0.25, 0.3) is 25.0 Å². The third-order valence-electron chi connectivity index (χ3n) is 18.1. The molecule has 5 aromatic heterocycles. The molecule has 580 valence electrons. The van der Waals surface area contributed by atoms with Crippen LogP contribution in [0.4, 0.5) is 28.4 Å². The monoisotopic (exact) mass is 1680 g/mol. The van der Waals surface area contributed by atoms with E-state index >= 15 is 0 Å². The molecule has 15 rings (SSSR count). The number of thiazole rings is 5. The van der Waals surface area contributed by atoms with Gasteiger partial charge in [-0.05, 0) is 214 Å². The smallest absolute Gasteiger partial charge is 0.269 e. The zero-order valence-corrected chi connectivity index (χ0v) is 73.1. The van der Waals surface area contributed by atoms with Crippen molar-refractivity contribution in [2.45, 2.75) is 34.6 Å². The second-order valence-corrected chi connectivity index (χ2v) is 33.4. The molecule has 0 aliphatic carbocycles. The quantitative estimate of drug-likeness (QED) is 0.0708. The van der Waals surface area contributed by atoms with Crippen LogP contribution in [0.1, 0.15) is 27.8 Å². The van der Waals surface area contributed by atoms with E-state index in [1.807, 2.05) is 56.7 Å². The molecule has 0 saturated carbocycles. The summed E-state index contributed by atoms with van der Waals surface area (Å²) in [6.45, 7) is 10.7. The first-order chi connectivity index (χ1) is 49.8. The van der Waals surface area contributed by atoms with Gasteiger partial charge in [-0.3, -0.25) is 0 Å². The molecule has 15 aromatic rings. The van der Waals surface area contributed by atoms with Crippen molar-refractivity contribution in [1.82, 2.24) is 0 Å². The first-order valence-electron chi connectivity index (χ1n) is 34.4. The molecule has 0 amide bonds. The Kier molecular flexibility index (Phi) is 33.4. The minimum atomic E-state index is -5.39. The van der Waals surface area contributed by atoms with Crippen molar-refractivity contribution < 1.29 is 85.1 Å². The van der Waals surface area contributed by atoms with Crippen LogP contribution < -0.4 is 62.0 Å². The second-order valence-electron chi connectivity index (χ2n) is 27.3. The first kappa shape index (κ1) is 91.9. The number of hydrogen-bond acceptors (Lipinski definition) is 16. The minimum Gasteiger partial charge on any atom is -0.870 e. The van der Waals surface area contributed by atoms with Crippen molar-refractivity contribution in [1.29, 1.82) is 0 Å². The summed E-state index contributed by atoms with van der Waals surface area (Å²) < 4.78 is 26.7. The SMILES string of the molecule is Cc1ccc2c(c1)sc(-c1ccc(N(C)C)cc1)[n+]2C.Cc1ccc2c(c1)sc(-c1ccc(N(C)C)cc1)[n+]2C.Cc1ccc2c(c1)sc(-c1ccc(N(C)C)cc1)[n+]2C.Cc1ccc2c(c1)sc(-c1ccc(N(C)C)cc1)[n+]2C.Cc1ccc2c(c1)sc(-c1ccc(N(C)C)cc1)[n+]2C.O.O.O=P([O-])([O-])[O-].[Mo].[OH-].[OH-]. The number of anilines is 5. The zero-order valence-electron chi connectivity index (χ0n) is 66.1. The van der Waals surface area contributed by atoms with E-state index in [9.17, 15) is 0 Å². The van der Waals surface area contributed by atoms with Crippen LogP contribution in [0.15, 0.2) is 212 Å². The van der Waals surface area contributed by atoms with Crippen LogP contribution in [-0.2, 0) is 60.9 Å². The predicted molar refractivity (Wildman–Crippen MR) is 456 cm³/mol. The maximum absolute atomic E-state index is 8.55. The molecule has 0 aliphatic rings. The molecule has 6 N–H and O–H groups in total. The summed E-state index contributed by atoms with van der Waals surface area (Å²) in [7, 11) is 26.0. The van der Waals surface area contributed by atoms with Gasteiger partial charge in [0.1, 0.15) is 58.7 Å². The van der Waals surface area contributed by atoms with Crippen molar-refractivity contribution >= 4 is 144 Å². The molecule has 0 bridgehead atoms. The van der Waals surface area contributed by atoms with E-state index in [0.717, 1.165) is 0 Å². The van der Waals surface area contributed by atoms with E-state index in [4.69, 9.17) is 19.2 Å². The van der Waals surface area contributed by atoms with Crippen LogP contribution in [0.25, 0.3) is 104 Å². The van der Waals surface area contributed by atoms with Gasteiger partial charge in [0, 0.05) is 150 Å². The van der Waals surface area contributed by atoms with Crippen LogP contribution in [0, 0.1) is 34.6 Å². The summed E-state index contributed by atoms with van der Waals surface area (Å²) in [5.74, 6) is 0. The fourth-order valence-electron chi connectivity index (χ4n) is 12.1. The molecule has 18 nitrogen and oxygen atoms in total. The predicted octanol–water partition coefficient (Wildman–Crippen LogP) is 14.0. The number of aromatic nitrogens is 5. The van der Waals surface area contributed by atoms with Crippen molar-refractivity contribution in [3.8, 4) is 52.9 Å². The van der Waals surface area contributed by atoms with E-state index in [2.05, 4.69) is 400 Å². The molecule has 0 unspecified atom stereocenters.